The highest BCUT2D eigenvalue weighted by molar-refractivity contribution is 14.1. The van der Waals surface area contributed by atoms with Crippen molar-refractivity contribution in [1.82, 2.24) is 0 Å². The highest BCUT2D eigenvalue weighted by atomic mass is 127. The van der Waals surface area contributed by atoms with Crippen LogP contribution in [0.15, 0.2) is 35.7 Å². The molecule has 1 aromatic heterocycles. The van der Waals surface area contributed by atoms with Gasteiger partial charge in [-0.05, 0) is 58.2 Å². The van der Waals surface area contributed by atoms with Crippen LogP contribution in [-0.2, 0) is 0 Å². The van der Waals surface area contributed by atoms with Gasteiger partial charge in [0.1, 0.15) is 6.10 Å². The van der Waals surface area contributed by atoms with Crippen LogP contribution in [0.5, 0.6) is 0 Å². The molecule has 15 heavy (non-hydrogen) atoms. The number of thiophene rings is 1. The third kappa shape index (κ3) is 2.24. The van der Waals surface area contributed by atoms with E-state index in [1.54, 1.807) is 11.3 Å². The second kappa shape index (κ2) is 4.63. The molecule has 0 spiro atoms. The maximum atomic E-state index is 10.2. The minimum atomic E-state index is -0.496. The lowest BCUT2D eigenvalue weighted by Crippen LogP contribution is -2.01. The van der Waals surface area contributed by atoms with Crippen LogP contribution in [0.1, 0.15) is 22.1 Å². The molecule has 0 fully saturated rings. The lowest BCUT2D eigenvalue weighted by atomic mass is 10.0. The zero-order chi connectivity index (χ0) is 10.8. The highest BCUT2D eigenvalue weighted by Crippen LogP contribution is 2.30. The van der Waals surface area contributed by atoms with Crippen LogP contribution in [-0.4, -0.2) is 5.11 Å². The van der Waals surface area contributed by atoms with Crippen molar-refractivity contribution >= 4 is 33.9 Å². The zero-order valence-corrected chi connectivity index (χ0v) is 11.2. The Hall–Kier alpha value is -0.390. The van der Waals surface area contributed by atoms with Gasteiger partial charge < -0.3 is 5.11 Å². The molecule has 0 radical (unpaired) electrons. The van der Waals surface area contributed by atoms with Gasteiger partial charge in [0.15, 0.2) is 0 Å². The fraction of sp³-hybridized carbons (Fsp3) is 0.167. The Morgan fingerprint density at radius 2 is 1.93 bits per heavy atom. The van der Waals surface area contributed by atoms with E-state index in [0.717, 1.165) is 14.7 Å². The molecule has 0 aliphatic carbocycles. The van der Waals surface area contributed by atoms with Crippen molar-refractivity contribution in [2.45, 2.75) is 13.0 Å². The summed E-state index contributed by atoms with van der Waals surface area (Å²) in [6.07, 6.45) is -0.496. The number of aliphatic hydroxyl groups is 1. The Morgan fingerprint density at radius 3 is 2.53 bits per heavy atom. The zero-order valence-electron chi connectivity index (χ0n) is 8.27. The molecule has 0 amide bonds. The van der Waals surface area contributed by atoms with Gasteiger partial charge >= 0.3 is 0 Å². The first-order valence-corrected chi connectivity index (χ1v) is 6.62. The van der Waals surface area contributed by atoms with Crippen molar-refractivity contribution in [3.05, 3.63) is 55.3 Å². The normalized spacial score (nSPS) is 12.7. The maximum absolute atomic E-state index is 10.2. The molecule has 0 saturated heterocycles. The molecule has 0 aliphatic rings. The summed E-state index contributed by atoms with van der Waals surface area (Å²) in [7, 11) is 0. The van der Waals surface area contributed by atoms with Gasteiger partial charge in [0.05, 0.1) is 0 Å². The molecule has 1 atom stereocenters. The number of aryl methyl sites for hydroxylation is 1. The summed E-state index contributed by atoms with van der Waals surface area (Å²) in [5.41, 5.74) is 2.00. The summed E-state index contributed by atoms with van der Waals surface area (Å²) >= 11 is 3.93. The van der Waals surface area contributed by atoms with Crippen molar-refractivity contribution < 1.29 is 5.11 Å². The fourth-order valence-corrected chi connectivity index (χ4v) is 2.96. The molecule has 1 unspecified atom stereocenters. The summed E-state index contributed by atoms with van der Waals surface area (Å²) < 4.78 is 1.10. The van der Waals surface area contributed by atoms with E-state index < -0.39 is 6.10 Å². The van der Waals surface area contributed by atoms with Gasteiger partial charge in [0.25, 0.3) is 0 Å². The number of hydrogen-bond donors (Lipinski definition) is 1. The van der Waals surface area contributed by atoms with Crippen LogP contribution in [0.3, 0.4) is 0 Å². The van der Waals surface area contributed by atoms with Gasteiger partial charge in [0.2, 0.25) is 0 Å². The Kier molecular flexibility index (Phi) is 3.43. The van der Waals surface area contributed by atoms with Crippen LogP contribution >= 0.6 is 33.9 Å². The van der Waals surface area contributed by atoms with Crippen molar-refractivity contribution in [2.75, 3.05) is 0 Å². The third-order valence-corrected chi connectivity index (χ3v) is 4.24. The van der Waals surface area contributed by atoms with Gasteiger partial charge in [0, 0.05) is 8.45 Å². The molecule has 1 N–H and O–H groups in total. The first-order valence-electron chi connectivity index (χ1n) is 4.66. The van der Waals surface area contributed by atoms with Crippen LogP contribution < -0.4 is 0 Å². The summed E-state index contributed by atoms with van der Waals surface area (Å²) in [6, 6.07) is 9.93. The number of halogens is 1. The number of benzene rings is 1. The molecule has 1 aromatic carbocycles. The largest absolute Gasteiger partial charge is 0.384 e. The first kappa shape index (κ1) is 11.1. The predicted octanol–water partition coefficient (Wildman–Crippen LogP) is 3.74. The molecular formula is C12H11IOS. The van der Waals surface area contributed by atoms with Crippen LogP contribution in [0.4, 0.5) is 0 Å². The number of hydrogen-bond acceptors (Lipinski definition) is 2. The van der Waals surface area contributed by atoms with Gasteiger partial charge in [-0.1, -0.05) is 18.2 Å². The number of rotatable bonds is 2. The minimum absolute atomic E-state index is 0.496. The van der Waals surface area contributed by atoms with E-state index in [1.165, 1.54) is 4.88 Å². The quantitative estimate of drug-likeness (QED) is 0.832. The third-order valence-electron chi connectivity index (χ3n) is 2.39. The monoisotopic (exact) mass is 330 g/mol. The Bertz CT molecular complexity index is 464. The second-order valence-corrected chi connectivity index (χ2v) is 5.64. The van der Waals surface area contributed by atoms with Crippen molar-refractivity contribution in [3.63, 3.8) is 0 Å². The van der Waals surface area contributed by atoms with E-state index in [1.807, 2.05) is 42.6 Å². The lowest BCUT2D eigenvalue weighted by Gasteiger charge is -2.12. The summed E-state index contributed by atoms with van der Waals surface area (Å²) in [5, 5.41) is 12.3. The van der Waals surface area contributed by atoms with Crippen molar-refractivity contribution in [1.29, 1.82) is 0 Å². The molecule has 3 heteroatoms. The van der Waals surface area contributed by atoms with Gasteiger partial charge in [-0.25, -0.2) is 0 Å². The maximum Gasteiger partial charge on any atom is 0.106 e. The molecule has 2 aromatic rings. The van der Waals surface area contributed by atoms with Crippen molar-refractivity contribution in [3.8, 4) is 0 Å². The highest BCUT2D eigenvalue weighted by Gasteiger charge is 2.15. The van der Waals surface area contributed by atoms with E-state index >= 15 is 0 Å². The van der Waals surface area contributed by atoms with E-state index in [9.17, 15) is 5.11 Å². The van der Waals surface area contributed by atoms with E-state index in [2.05, 4.69) is 22.6 Å². The predicted molar refractivity (Wildman–Crippen MR) is 72.3 cm³/mol. The molecule has 0 aliphatic heterocycles. The molecule has 0 bridgehead atoms. The average molecular weight is 330 g/mol. The van der Waals surface area contributed by atoms with Gasteiger partial charge in [-0.3, -0.25) is 0 Å². The van der Waals surface area contributed by atoms with Crippen LogP contribution in [0, 0.1) is 10.5 Å². The van der Waals surface area contributed by atoms with E-state index in [0.29, 0.717) is 0 Å². The Morgan fingerprint density at radius 1 is 1.20 bits per heavy atom. The second-order valence-electron chi connectivity index (χ2n) is 3.36. The van der Waals surface area contributed by atoms with Gasteiger partial charge in [-0.15, -0.1) is 11.3 Å². The molecule has 1 heterocycles. The smallest absolute Gasteiger partial charge is 0.106 e. The summed E-state index contributed by atoms with van der Waals surface area (Å²) in [5.74, 6) is 0. The molecule has 2 rings (SSSR count). The summed E-state index contributed by atoms with van der Waals surface area (Å²) in [6.45, 7) is 2.04. The van der Waals surface area contributed by atoms with E-state index in [4.69, 9.17) is 0 Å². The van der Waals surface area contributed by atoms with Crippen LogP contribution in [0.25, 0.3) is 0 Å². The molecular weight excluding hydrogens is 319 g/mol. The number of aliphatic hydroxyl groups excluding tert-OH is 1. The van der Waals surface area contributed by atoms with Crippen molar-refractivity contribution in [2.24, 2.45) is 0 Å². The summed E-state index contributed by atoms with van der Waals surface area (Å²) in [4.78, 5) is 1.18. The fourth-order valence-electron chi connectivity index (χ4n) is 1.54. The molecule has 1 nitrogen and oxygen atoms in total. The van der Waals surface area contributed by atoms with Gasteiger partial charge in [-0.2, -0.15) is 0 Å². The average Bonchev–Trinajstić information content (AvgIpc) is 2.64. The van der Waals surface area contributed by atoms with Crippen LogP contribution in [0.2, 0.25) is 0 Å². The topological polar surface area (TPSA) is 20.2 Å². The molecule has 78 valence electrons. The Balaban J connectivity index is 2.41. The Labute approximate surface area is 107 Å². The minimum Gasteiger partial charge on any atom is -0.384 e. The first-order chi connectivity index (χ1) is 7.20. The van der Waals surface area contributed by atoms with E-state index in [-0.39, 0.29) is 0 Å². The molecule has 0 saturated carbocycles. The SMILES string of the molecule is Cc1sccc1C(O)c1ccccc1I. The lowest BCUT2D eigenvalue weighted by molar-refractivity contribution is 0.219. The standard InChI is InChI=1S/C12H11IOS/c1-8-9(6-7-15-8)12(14)10-4-2-3-5-11(10)13/h2-7,12,14H,1H3.